The van der Waals surface area contributed by atoms with E-state index in [0.29, 0.717) is 6.54 Å². The van der Waals surface area contributed by atoms with Crippen molar-refractivity contribution >= 4 is 16.6 Å². The van der Waals surface area contributed by atoms with Crippen molar-refractivity contribution in [3.05, 3.63) is 35.5 Å². The quantitative estimate of drug-likeness (QED) is 0.767. The summed E-state index contributed by atoms with van der Waals surface area (Å²) < 4.78 is 0. The molecule has 18 heavy (non-hydrogen) atoms. The van der Waals surface area contributed by atoms with E-state index in [-0.39, 0.29) is 6.61 Å². The van der Waals surface area contributed by atoms with E-state index in [9.17, 15) is 5.11 Å². The summed E-state index contributed by atoms with van der Waals surface area (Å²) in [4.78, 5) is 4.53. The first-order valence-corrected chi connectivity index (χ1v) is 6.01. The standard InChI is InChI=1S/C14H18N2O2/c1-9-4-3-5-12-13(15-7-11(18)8-17)6-10(2)16-14(9)12/h3-6,11,17-18H,7-8H2,1-2H3,(H,15,16). The average Bonchev–Trinajstić information content (AvgIpc) is 2.36. The highest BCUT2D eigenvalue weighted by molar-refractivity contribution is 5.93. The van der Waals surface area contributed by atoms with E-state index in [1.54, 1.807) is 0 Å². The smallest absolute Gasteiger partial charge is 0.0942 e. The number of anilines is 1. The first-order chi connectivity index (χ1) is 8.61. The Morgan fingerprint density at radius 2 is 2.11 bits per heavy atom. The Morgan fingerprint density at radius 1 is 1.33 bits per heavy atom. The van der Waals surface area contributed by atoms with Crippen molar-refractivity contribution in [3.8, 4) is 0 Å². The SMILES string of the molecule is Cc1cc(NCC(O)CO)c2cccc(C)c2n1. The van der Waals surface area contributed by atoms with E-state index in [1.807, 2.05) is 38.1 Å². The molecule has 0 aliphatic heterocycles. The fraction of sp³-hybridized carbons (Fsp3) is 0.357. The number of nitrogens with one attached hydrogen (secondary N) is 1. The van der Waals surface area contributed by atoms with Crippen LogP contribution in [0.1, 0.15) is 11.3 Å². The zero-order valence-corrected chi connectivity index (χ0v) is 10.6. The van der Waals surface area contributed by atoms with Crippen molar-refractivity contribution in [1.29, 1.82) is 0 Å². The predicted octanol–water partition coefficient (Wildman–Crippen LogP) is 1.62. The van der Waals surface area contributed by atoms with Crippen molar-refractivity contribution in [1.82, 2.24) is 4.98 Å². The van der Waals surface area contributed by atoms with Crippen molar-refractivity contribution in [2.24, 2.45) is 0 Å². The maximum Gasteiger partial charge on any atom is 0.0942 e. The lowest BCUT2D eigenvalue weighted by atomic mass is 10.1. The average molecular weight is 246 g/mol. The first-order valence-electron chi connectivity index (χ1n) is 6.01. The van der Waals surface area contributed by atoms with E-state index in [2.05, 4.69) is 10.3 Å². The van der Waals surface area contributed by atoms with E-state index in [0.717, 1.165) is 27.8 Å². The molecule has 1 aromatic heterocycles. The van der Waals surface area contributed by atoms with Gasteiger partial charge in [-0.3, -0.25) is 4.98 Å². The zero-order valence-electron chi connectivity index (χ0n) is 10.6. The number of aryl methyl sites for hydroxylation is 2. The van der Waals surface area contributed by atoms with Gasteiger partial charge in [0.15, 0.2) is 0 Å². The third-order valence-electron chi connectivity index (χ3n) is 2.91. The molecule has 0 radical (unpaired) electrons. The fourth-order valence-electron chi connectivity index (χ4n) is 1.96. The highest BCUT2D eigenvalue weighted by Gasteiger charge is 2.07. The predicted molar refractivity (Wildman–Crippen MR) is 72.8 cm³/mol. The topological polar surface area (TPSA) is 65.4 Å². The van der Waals surface area contributed by atoms with Crippen LogP contribution in [0.5, 0.6) is 0 Å². The molecular formula is C14H18N2O2. The highest BCUT2D eigenvalue weighted by atomic mass is 16.3. The number of aliphatic hydroxyl groups is 2. The molecule has 96 valence electrons. The summed E-state index contributed by atoms with van der Waals surface area (Å²) in [5.41, 5.74) is 3.96. The van der Waals surface area contributed by atoms with Crippen LogP contribution in [0.3, 0.4) is 0 Å². The monoisotopic (exact) mass is 246 g/mol. The molecule has 0 saturated heterocycles. The maximum atomic E-state index is 9.39. The number of aliphatic hydroxyl groups excluding tert-OH is 2. The van der Waals surface area contributed by atoms with E-state index in [1.165, 1.54) is 0 Å². The Kier molecular flexibility index (Phi) is 3.79. The summed E-state index contributed by atoms with van der Waals surface area (Å²) in [6, 6.07) is 7.97. The van der Waals surface area contributed by atoms with Crippen LogP contribution in [0, 0.1) is 13.8 Å². The van der Waals surface area contributed by atoms with Crippen LogP contribution >= 0.6 is 0 Å². The van der Waals surface area contributed by atoms with Crippen molar-refractivity contribution in [2.75, 3.05) is 18.5 Å². The van der Waals surface area contributed by atoms with E-state index >= 15 is 0 Å². The molecule has 0 spiro atoms. The number of aromatic nitrogens is 1. The number of fused-ring (bicyclic) bond motifs is 1. The number of hydrogen-bond donors (Lipinski definition) is 3. The molecule has 0 fully saturated rings. The van der Waals surface area contributed by atoms with Gasteiger partial charge in [-0.15, -0.1) is 0 Å². The number of benzene rings is 1. The van der Waals surface area contributed by atoms with Gasteiger partial charge in [0, 0.05) is 23.3 Å². The molecule has 2 rings (SSSR count). The Hall–Kier alpha value is -1.65. The molecule has 0 saturated carbocycles. The molecule has 1 aromatic carbocycles. The third kappa shape index (κ3) is 2.60. The molecule has 1 heterocycles. The summed E-state index contributed by atoms with van der Waals surface area (Å²) in [6.45, 7) is 4.05. The van der Waals surface area contributed by atoms with Gasteiger partial charge in [-0.25, -0.2) is 0 Å². The summed E-state index contributed by atoms with van der Waals surface area (Å²) in [5, 5.41) is 22.4. The largest absolute Gasteiger partial charge is 0.394 e. The van der Waals surface area contributed by atoms with Crippen molar-refractivity contribution in [3.63, 3.8) is 0 Å². The summed E-state index contributed by atoms with van der Waals surface area (Å²) >= 11 is 0. The number of hydrogen-bond acceptors (Lipinski definition) is 4. The molecule has 3 N–H and O–H groups in total. The normalized spacial score (nSPS) is 12.7. The summed E-state index contributed by atoms with van der Waals surface area (Å²) in [7, 11) is 0. The highest BCUT2D eigenvalue weighted by Crippen LogP contribution is 2.25. The molecule has 2 aromatic rings. The van der Waals surface area contributed by atoms with Gasteiger partial charge in [0.05, 0.1) is 18.2 Å². The summed E-state index contributed by atoms with van der Waals surface area (Å²) in [5.74, 6) is 0. The molecule has 4 nitrogen and oxygen atoms in total. The Morgan fingerprint density at radius 3 is 2.83 bits per heavy atom. The van der Waals surface area contributed by atoms with Gasteiger partial charge in [-0.2, -0.15) is 0 Å². The molecule has 0 amide bonds. The minimum Gasteiger partial charge on any atom is -0.394 e. The lowest BCUT2D eigenvalue weighted by Crippen LogP contribution is -2.23. The zero-order chi connectivity index (χ0) is 13.1. The molecule has 0 aliphatic carbocycles. The minimum atomic E-state index is -0.752. The Bertz CT molecular complexity index is 555. The second-order valence-electron chi connectivity index (χ2n) is 4.50. The lowest BCUT2D eigenvalue weighted by molar-refractivity contribution is 0.105. The Labute approximate surface area is 106 Å². The minimum absolute atomic E-state index is 0.242. The van der Waals surface area contributed by atoms with Crippen LogP contribution in [-0.2, 0) is 0 Å². The van der Waals surface area contributed by atoms with Gasteiger partial charge in [0.1, 0.15) is 0 Å². The van der Waals surface area contributed by atoms with Crippen LogP contribution in [0.15, 0.2) is 24.3 Å². The van der Waals surface area contributed by atoms with Gasteiger partial charge in [0.2, 0.25) is 0 Å². The second kappa shape index (κ2) is 5.33. The third-order valence-corrected chi connectivity index (χ3v) is 2.91. The lowest BCUT2D eigenvalue weighted by Gasteiger charge is -2.14. The van der Waals surface area contributed by atoms with E-state index < -0.39 is 6.10 Å². The van der Waals surface area contributed by atoms with Crippen LogP contribution in [0.25, 0.3) is 10.9 Å². The number of nitrogens with zero attached hydrogens (tertiary/aromatic N) is 1. The van der Waals surface area contributed by atoms with Gasteiger partial charge in [-0.1, -0.05) is 18.2 Å². The van der Waals surface area contributed by atoms with E-state index in [4.69, 9.17) is 5.11 Å². The van der Waals surface area contributed by atoms with Gasteiger partial charge in [-0.05, 0) is 25.5 Å². The second-order valence-corrected chi connectivity index (χ2v) is 4.50. The number of pyridine rings is 1. The van der Waals surface area contributed by atoms with Gasteiger partial charge >= 0.3 is 0 Å². The Balaban J connectivity index is 2.40. The van der Waals surface area contributed by atoms with Gasteiger partial charge < -0.3 is 15.5 Å². The number of para-hydroxylation sites is 1. The fourth-order valence-corrected chi connectivity index (χ4v) is 1.96. The van der Waals surface area contributed by atoms with Crippen LogP contribution in [0.2, 0.25) is 0 Å². The molecule has 1 atom stereocenters. The van der Waals surface area contributed by atoms with Crippen LogP contribution in [0.4, 0.5) is 5.69 Å². The maximum absolute atomic E-state index is 9.39. The number of rotatable bonds is 4. The molecule has 0 bridgehead atoms. The molecule has 0 aliphatic rings. The van der Waals surface area contributed by atoms with Crippen LogP contribution in [-0.4, -0.2) is 34.5 Å². The molecule has 1 unspecified atom stereocenters. The molecule has 4 heteroatoms. The van der Waals surface area contributed by atoms with Crippen LogP contribution < -0.4 is 5.32 Å². The van der Waals surface area contributed by atoms with Crippen molar-refractivity contribution in [2.45, 2.75) is 20.0 Å². The van der Waals surface area contributed by atoms with Crippen molar-refractivity contribution < 1.29 is 10.2 Å². The van der Waals surface area contributed by atoms with Gasteiger partial charge in [0.25, 0.3) is 0 Å². The summed E-state index contributed by atoms with van der Waals surface area (Å²) in [6.07, 6.45) is -0.752. The first kappa shape index (κ1) is 12.8. The molecular weight excluding hydrogens is 228 g/mol.